The van der Waals surface area contributed by atoms with Crippen molar-refractivity contribution in [1.82, 2.24) is 14.7 Å². The zero-order valence-corrected chi connectivity index (χ0v) is 16.8. The molecule has 6 nitrogen and oxygen atoms in total. The molecule has 0 unspecified atom stereocenters. The first kappa shape index (κ1) is 19.1. The number of nitrogens with zero attached hydrogens (tertiary/aromatic N) is 3. The second-order valence-electron chi connectivity index (χ2n) is 7.33. The molecule has 4 rings (SSSR count). The molecule has 1 fully saturated rings. The molecular weight excluding hydrogens is 364 g/mol. The van der Waals surface area contributed by atoms with Gasteiger partial charge >= 0.3 is 0 Å². The summed E-state index contributed by atoms with van der Waals surface area (Å²) in [5, 5.41) is 4.39. The molecule has 2 aromatic carbocycles. The van der Waals surface area contributed by atoms with Gasteiger partial charge in [-0.2, -0.15) is 5.10 Å². The summed E-state index contributed by atoms with van der Waals surface area (Å²) >= 11 is 0. The maximum Gasteiger partial charge on any atom is 0.254 e. The summed E-state index contributed by atoms with van der Waals surface area (Å²) in [5.41, 5.74) is 9.53. The van der Waals surface area contributed by atoms with Crippen molar-refractivity contribution >= 4 is 11.7 Å². The lowest BCUT2D eigenvalue weighted by atomic mass is 10.0. The standard InChI is InChI=1S/C23H26N4O2/c1-3-29-20-12-8-17(9-13-20)21-5-4-14-26(21)23(28)18-6-10-19(11-7-18)27-22(24)15-16(2)25-27/h6-13,15,21H,3-5,14,24H2,1-2H3/t21-/m0/s1. The first-order chi connectivity index (χ1) is 14.1. The van der Waals surface area contributed by atoms with Crippen molar-refractivity contribution in [2.24, 2.45) is 0 Å². The minimum Gasteiger partial charge on any atom is -0.494 e. The van der Waals surface area contributed by atoms with Gasteiger partial charge in [-0.25, -0.2) is 4.68 Å². The number of nitrogen functional groups attached to an aromatic ring is 1. The van der Waals surface area contributed by atoms with Crippen LogP contribution in [0.25, 0.3) is 5.69 Å². The Kier molecular flexibility index (Phi) is 5.25. The van der Waals surface area contributed by atoms with Gasteiger partial charge < -0.3 is 15.4 Å². The number of likely N-dealkylation sites (tertiary alicyclic amines) is 1. The Hall–Kier alpha value is -3.28. The molecule has 1 aromatic heterocycles. The van der Waals surface area contributed by atoms with E-state index < -0.39 is 0 Å². The van der Waals surface area contributed by atoms with Crippen LogP contribution in [0, 0.1) is 6.92 Å². The van der Waals surface area contributed by atoms with E-state index in [1.54, 1.807) is 4.68 Å². The lowest BCUT2D eigenvalue weighted by Gasteiger charge is -2.25. The lowest BCUT2D eigenvalue weighted by Crippen LogP contribution is -2.30. The van der Waals surface area contributed by atoms with Gasteiger partial charge in [0.25, 0.3) is 5.91 Å². The number of aromatic nitrogens is 2. The zero-order chi connectivity index (χ0) is 20.4. The molecule has 2 heterocycles. The maximum atomic E-state index is 13.2. The van der Waals surface area contributed by atoms with Crippen molar-refractivity contribution in [3.05, 3.63) is 71.4 Å². The van der Waals surface area contributed by atoms with E-state index >= 15 is 0 Å². The number of amides is 1. The summed E-state index contributed by atoms with van der Waals surface area (Å²) in [6, 6.07) is 17.5. The van der Waals surface area contributed by atoms with Crippen LogP contribution in [0.3, 0.4) is 0 Å². The molecule has 0 aliphatic carbocycles. The number of hydrogen-bond acceptors (Lipinski definition) is 4. The predicted octanol–water partition coefficient (Wildman–Crippen LogP) is 4.14. The average Bonchev–Trinajstić information content (AvgIpc) is 3.35. The fraction of sp³-hybridized carbons (Fsp3) is 0.304. The van der Waals surface area contributed by atoms with Crippen LogP contribution in [0.15, 0.2) is 54.6 Å². The number of anilines is 1. The molecule has 0 radical (unpaired) electrons. The second-order valence-corrected chi connectivity index (χ2v) is 7.33. The van der Waals surface area contributed by atoms with Gasteiger partial charge in [0.05, 0.1) is 24.0 Å². The third-order valence-corrected chi connectivity index (χ3v) is 5.31. The van der Waals surface area contributed by atoms with E-state index in [9.17, 15) is 4.79 Å². The highest BCUT2D eigenvalue weighted by atomic mass is 16.5. The van der Waals surface area contributed by atoms with Crippen LogP contribution in [-0.4, -0.2) is 33.7 Å². The topological polar surface area (TPSA) is 73.4 Å². The SMILES string of the molecule is CCOc1ccc([C@@H]2CCCN2C(=O)c2ccc(-n3nc(C)cc3N)cc2)cc1. The number of ether oxygens (including phenoxy) is 1. The van der Waals surface area contributed by atoms with E-state index in [1.807, 2.05) is 61.2 Å². The summed E-state index contributed by atoms with van der Waals surface area (Å²) in [6.45, 7) is 5.29. The van der Waals surface area contributed by atoms with Crippen LogP contribution in [0.2, 0.25) is 0 Å². The number of benzene rings is 2. The second kappa shape index (κ2) is 7.99. The van der Waals surface area contributed by atoms with Crippen LogP contribution in [0.4, 0.5) is 5.82 Å². The molecule has 1 aliphatic rings. The Morgan fingerprint density at radius 3 is 2.52 bits per heavy atom. The quantitative estimate of drug-likeness (QED) is 0.711. The van der Waals surface area contributed by atoms with Crippen LogP contribution < -0.4 is 10.5 Å². The molecule has 0 saturated carbocycles. The minimum absolute atomic E-state index is 0.0533. The minimum atomic E-state index is 0.0533. The summed E-state index contributed by atoms with van der Waals surface area (Å²) < 4.78 is 7.21. The summed E-state index contributed by atoms with van der Waals surface area (Å²) in [4.78, 5) is 15.1. The normalized spacial score (nSPS) is 16.2. The Labute approximate surface area is 170 Å². The van der Waals surface area contributed by atoms with Crippen molar-refractivity contribution in [3.8, 4) is 11.4 Å². The Morgan fingerprint density at radius 1 is 1.17 bits per heavy atom. The highest BCUT2D eigenvalue weighted by Crippen LogP contribution is 2.34. The van der Waals surface area contributed by atoms with Crippen molar-refractivity contribution in [2.75, 3.05) is 18.9 Å². The van der Waals surface area contributed by atoms with Crippen LogP contribution in [-0.2, 0) is 0 Å². The highest BCUT2D eigenvalue weighted by molar-refractivity contribution is 5.95. The molecule has 1 atom stereocenters. The van der Waals surface area contributed by atoms with Gasteiger partial charge in [-0.05, 0) is 68.7 Å². The van der Waals surface area contributed by atoms with Gasteiger partial charge in [-0.15, -0.1) is 0 Å². The van der Waals surface area contributed by atoms with Crippen LogP contribution >= 0.6 is 0 Å². The van der Waals surface area contributed by atoms with Gasteiger partial charge in [0.2, 0.25) is 0 Å². The van der Waals surface area contributed by atoms with Gasteiger partial charge in [-0.3, -0.25) is 4.79 Å². The molecule has 150 valence electrons. The number of hydrogen-bond donors (Lipinski definition) is 1. The molecule has 2 N–H and O–H groups in total. The smallest absolute Gasteiger partial charge is 0.254 e. The van der Waals surface area contributed by atoms with Crippen molar-refractivity contribution in [3.63, 3.8) is 0 Å². The number of carbonyl (C=O) groups excluding carboxylic acids is 1. The van der Waals surface area contributed by atoms with Crippen LogP contribution in [0.5, 0.6) is 5.75 Å². The third-order valence-electron chi connectivity index (χ3n) is 5.31. The molecule has 0 bridgehead atoms. The number of carbonyl (C=O) groups is 1. The Balaban J connectivity index is 1.53. The van der Waals surface area contributed by atoms with E-state index in [4.69, 9.17) is 10.5 Å². The lowest BCUT2D eigenvalue weighted by molar-refractivity contribution is 0.0735. The summed E-state index contributed by atoms with van der Waals surface area (Å²) in [6.07, 6.45) is 1.98. The van der Waals surface area contributed by atoms with Crippen molar-refractivity contribution < 1.29 is 9.53 Å². The van der Waals surface area contributed by atoms with Crippen LogP contribution in [0.1, 0.15) is 47.4 Å². The fourth-order valence-electron chi connectivity index (χ4n) is 3.95. The van der Waals surface area contributed by atoms with E-state index in [2.05, 4.69) is 17.2 Å². The molecule has 29 heavy (non-hydrogen) atoms. The van der Waals surface area contributed by atoms with E-state index in [-0.39, 0.29) is 11.9 Å². The molecule has 1 saturated heterocycles. The fourth-order valence-corrected chi connectivity index (χ4v) is 3.95. The van der Waals surface area contributed by atoms with Gasteiger partial charge in [0.1, 0.15) is 11.6 Å². The van der Waals surface area contributed by atoms with Gasteiger partial charge in [-0.1, -0.05) is 12.1 Å². The monoisotopic (exact) mass is 390 g/mol. The molecule has 1 amide bonds. The third kappa shape index (κ3) is 3.83. The Bertz CT molecular complexity index is 993. The van der Waals surface area contributed by atoms with Crippen molar-refractivity contribution in [1.29, 1.82) is 0 Å². The number of rotatable bonds is 5. The largest absolute Gasteiger partial charge is 0.494 e. The molecule has 0 spiro atoms. The molecule has 6 heteroatoms. The number of nitrogens with two attached hydrogens (primary N) is 1. The average molecular weight is 390 g/mol. The predicted molar refractivity (Wildman–Crippen MR) is 113 cm³/mol. The number of aryl methyl sites for hydroxylation is 1. The Morgan fingerprint density at radius 2 is 1.90 bits per heavy atom. The zero-order valence-electron chi connectivity index (χ0n) is 16.8. The molecular formula is C23H26N4O2. The first-order valence-electron chi connectivity index (χ1n) is 10.0. The van der Waals surface area contributed by atoms with E-state index in [1.165, 1.54) is 0 Å². The first-order valence-corrected chi connectivity index (χ1v) is 10.0. The summed E-state index contributed by atoms with van der Waals surface area (Å²) in [7, 11) is 0. The molecule has 1 aliphatic heterocycles. The maximum absolute atomic E-state index is 13.2. The van der Waals surface area contributed by atoms with E-state index in [0.717, 1.165) is 42.1 Å². The van der Waals surface area contributed by atoms with Gasteiger partial charge in [0.15, 0.2) is 0 Å². The molecule has 3 aromatic rings. The highest BCUT2D eigenvalue weighted by Gasteiger charge is 2.30. The summed E-state index contributed by atoms with van der Waals surface area (Å²) in [5.74, 6) is 1.49. The van der Waals surface area contributed by atoms with Gasteiger partial charge in [0, 0.05) is 18.2 Å². The van der Waals surface area contributed by atoms with Crippen molar-refractivity contribution in [2.45, 2.75) is 32.7 Å². The van der Waals surface area contributed by atoms with E-state index in [0.29, 0.717) is 18.0 Å².